The highest BCUT2D eigenvalue weighted by Crippen LogP contribution is 2.26. The Morgan fingerprint density at radius 1 is 1.67 bits per heavy atom. The van der Waals surface area contributed by atoms with E-state index in [1.54, 1.807) is 7.11 Å². The lowest BCUT2D eigenvalue weighted by atomic mass is 10.2. The largest absolute Gasteiger partial charge is 0.390 e. The van der Waals surface area contributed by atoms with Gasteiger partial charge in [0.05, 0.1) is 25.2 Å². The molecule has 0 bridgehead atoms. The van der Waals surface area contributed by atoms with Crippen molar-refractivity contribution in [2.75, 3.05) is 38.8 Å². The summed E-state index contributed by atoms with van der Waals surface area (Å²) in [4.78, 5) is 6.59. The number of ether oxygens (including phenoxy) is 1. The van der Waals surface area contributed by atoms with Gasteiger partial charge >= 0.3 is 0 Å². The third kappa shape index (κ3) is 3.44. The fourth-order valence-corrected chi connectivity index (χ4v) is 3.11. The van der Waals surface area contributed by atoms with Crippen molar-refractivity contribution in [1.82, 2.24) is 15.0 Å². The molecule has 0 aliphatic carbocycles. The van der Waals surface area contributed by atoms with Crippen LogP contribution in [0.1, 0.15) is 17.8 Å². The molecule has 1 N–H and O–H groups in total. The average molecular weight is 273 g/mol. The van der Waals surface area contributed by atoms with Crippen molar-refractivity contribution in [2.45, 2.75) is 18.6 Å². The molecular formula is C11H19N3O3S. The fourth-order valence-electron chi connectivity index (χ4n) is 1.90. The maximum atomic E-state index is 9.61. The van der Waals surface area contributed by atoms with Crippen LogP contribution in [0.3, 0.4) is 0 Å². The number of aliphatic hydroxyl groups excluding tert-OH is 1. The summed E-state index contributed by atoms with van der Waals surface area (Å²) in [6.45, 7) is 1.31. The molecule has 1 aliphatic heterocycles. The first-order chi connectivity index (χ1) is 8.70. The zero-order valence-electron chi connectivity index (χ0n) is 10.7. The molecule has 0 spiro atoms. The van der Waals surface area contributed by atoms with Crippen molar-refractivity contribution in [3.8, 4) is 0 Å². The van der Waals surface area contributed by atoms with Crippen LogP contribution in [0.2, 0.25) is 0 Å². The van der Waals surface area contributed by atoms with E-state index in [1.807, 2.05) is 11.8 Å². The van der Waals surface area contributed by atoms with E-state index in [-0.39, 0.29) is 12.6 Å². The van der Waals surface area contributed by atoms with Crippen LogP contribution in [0.25, 0.3) is 0 Å². The Bertz CT molecular complexity index is 374. The smallest absolute Gasteiger partial charge is 0.229 e. The Balaban J connectivity index is 1.96. The van der Waals surface area contributed by atoms with E-state index in [0.29, 0.717) is 18.1 Å². The van der Waals surface area contributed by atoms with Gasteiger partial charge in [-0.05, 0) is 7.05 Å². The number of methoxy groups -OCH3 is 1. The minimum Gasteiger partial charge on any atom is -0.390 e. The van der Waals surface area contributed by atoms with Gasteiger partial charge in [-0.3, -0.25) is 4.90 Å². The number of hydrogen-bond acceptors (Lipinski definition) is 7. The molecule has 2 unspecified atom stereocenters. The van der Waals surface area contributed by atoms with Crippen LogP contribution in [-0.2, 0) is 11.2 Å². The minimum atomic E-state index is -0.596. The summed E-state index contributed by atoms with van der Waals surface area (Å²) in [6.07, 6.45) is -0.258. The number of rotatable bonds is 5. The number of hydrogen-bond donors (Lipinski definition) is 1. The van der Waals surface area contributed by atoms with Gasteiger partial charge in [0.2, 0.25) is 5.89 Å². The predicted molar refractivity (Wildman–Crippen MR) is 68.6 cm³/mol. The van der Waals surface area contributed by atoms with Crippen LogP contribution < -0.4 is 0 Å². The first-order valence-electron chi connectivity index (χ1n) is 5.98. The van der Waals surface area contributed by atoms with Crippen LogP contribution in [0.5, 0.6) is 0 Å². The monoisotopic (exact) mass is 273 g/mol. The summed E-state index contributed by atoms with van der Waals surface area (Å²) in [5.41, 5.74) is 0. The molecule has 0 amide bonds. The molecular weight excluding hydrogens is 254 g/mol. The molecule has 2 atom stereocenters. The van der Waals surface area contributed by atoms with E-state index in [9.17, 15) is 5.11 Å². The van der Waals surface area contributed by atoms with E-state index in [4.69, 9.17) is 9.26 Å². The second-order valence-electron chi connectivity index (χ2n) is 4.43. The summed E-state index contributed by atoms with van der Waals surface area (Å²) in [5.74, 6) is 3.31. The Morgan fingerprint density at radius 2 is 2.50 bits per heavy atom. The molecule has 2 rings (SSSR count). The van der Waals surface area contributed by atoms with Crippen molar-refractivity contribution in [1.29, 1.82) is 0 Å². The topological polar surface area (TPSA) is 71.6 Å². The Labute approximate surface area is 111 Å². The summed E-state index contributed by atoms with van der Waals surface area (Å²) in [7, 11) is 3.62. The SMILES string of the molecule is COCC(O)Cc1nc(C2CSCCN2C)no1. The molecule has 0 aromatic carbocycles. The standard InChI is InChI=1S/C11H19N3O3S/c1-14-3-4-18-7-9(14)11-12-10(17-13-11)5-8(15)6-16-2/h8-9,15H,3-7H2,1-2H3. The quantitative estimate of drug-likeness (QED) is 0.829. The summed E-state index contributed by atoms with van der Waals surface area (Å²) < 4.78 is 10.0. The minimum absolute atomic E-state index is 0.209. The molecule has 102 valence electrons. The highest BCUT2D eigenvalue weighted by Gasteiger charge is 2.26. The van der Waals surface area contributed by atoms with Crippen LogP contribution in [0.15, 0.2) is 4.52 Å². The van der Waals surface area contributed by atoms with Crippen LogP contribution in [-0.4, -0.2) is 65.1 Å². The molecule has 6 nitrogen and oxygen atoms in total. The van der Waals surface area contributed by atoms with Crippen LogP contribution in [0.4, 0.5) is 0 Å². The van der Waals surface area contributed by atoms with E-state index in [2.05, 4.69) is 22.1 Å². The van der Waals surface area contributed by atoms with Gasteiger partial charge in [0.1, 0.15) is 0 Å². The van der Waals surface area contributed by atoms with Gasteiger partial charge in [0.25, 0.3) is 0 Å². The average Bonchev–Trinajstić information content (AvgIpc) is 2.78. The second-order valence-corrected chi connectivity index (χ2v) is 5.58. The predicted octanol–water partition coefficient (Wildman–Crippen LogP) is 0.339. The molecule has 18 heavy (non-hydrogen) atoms. The van der Waals surface area contributed by atoms with Gasteiger partial charge in [-0.25, -0.2) is 0 Å². The molecule has 1 fully saturated rings. The highest BCUT2D eigenvalue weighted by atomic mass is 32.2. The lowest BCUT2D eigenvalue weighted by Gasteiger charge is -2.29. The highest BCUT2D eigenvalue weighted by molar-refractivity contribution is 7.99. The molecule has 1 aromatic heterocycles. The number of thioether (sulfide) groups is 1. The van der Waals surface area contributed by atoms with E-state index >= 15 is 0 Å². The lowest BCUT2D eigenvalue weighted by molar-refractivity contribution is 0.0599. The Morgan fingerprint density at radius 3 is 3.22 bits per heavy atom. The third-order valence-electron chi connectivity index (χ3n) is 2.95. The van der Waals surface area contributed by atoms with Gasteiger partial charge in [0.15, 0.2) is 5.82 Å². The van der Waals surface area contributed by atoms with Crippen molar-refractivity contribution in [2.24, 2.45) is 0 Å². The van der Waals surface area contributed by atoms with Crippen molar-refractivity contribution in [3.63, 3.8) is 0 Å². The van der Waals surface area contributed by atoms with Crippen molar-refractivity contribution >= 4 is 11.8 Å². The van der Waals surface area contributed by atoms with Gasteiger partial charge < -0.3 is 14.4 Å². The Kier molecular flexibility index (Phi) is 4.99. The van der Waals surface area contributed by atoms with E-state index in [0.717, 1.165) is 18.1 Å². The van der Waals surface area contributed by atoms with E-state index < -0.39 is 6.10 Å². The number of aromatic nitrogens is 2. The maximum absolute atomic E-state index is 9.61. The van der Waals surface area contributed by atoms with Gasteiger partial charge in [-0.15, -0.1) is 0 Å². The van der Waals surface area contributed by atoms with Crippen LogP contribution in [0, 0.1) is 0 Å². The first kappa shape index (κ1) is 13.8. The zero-order valence-corrected chi connectivity index (χ0v) is 11.5. The molecule has 7 heteroatoms. The molecule has 1 aromatic rings. The molecule has 0 saturated carbocycles. The summed E-state index contributed by atoms with van der Waals surface area (Å²) in [5, 5.41) is 13.6. The normalized spacial score (nSPS) is 23.2. The van der Waals surface area contributed by atoms with Crippen LogP contribution >= 0.6 is 11.8 Å². The second kappa shape index (κ2) is 6.51. The first-order valence-corrected chi connectivity index (χ1v) is 7.13. The zero-order chi connectivity index (χ0) is 13.0. The summed E-state index contributed by atoms with van der Waals surface area (Å²) >= 11 is 1.90. The molecule has 2 heterocycles. The molecule has 1 aliphatic rings. The fraction of sp³-hybridized carbons (Fsp3) is 0.818. The lowest BCUT2D eigenvalue weighted by Crippen LogP contribution is -2.33. The number of nitrogens with zero attached hydrogens (tertiary/aromatic N) is 3. The van der Waals surface area contributed by atoms with Crippen molar-refractivity contribution in [3.05, 3.63) is 11.7 Å². The van der Waals surface area contributed by atoms with Gasteiger partial charge in [0, 0.05) is 25.2 Å². The van der Waals surface area contributed by atoms with Gasteiger partial charge in [-0.2, -0.15) is 16.7 Å². The van der Waals surface area contributed by atoms with E-state index in [1.165, 1.54) is 0 Å². The van der Waals surface area contributed by atoms with Crippen molar-refractivity contribution < 1.29 is 14.4 Å². The van der Waals surface area contributed by atoms with Gasteiger partial charge in [-0.1, -0.05) is 5.16 Å². The summed E-state index contributed by atoms with van der Waals surface area (Å²) in [6, 6.07) is 0.209. The third-order valence-corrected chi connectivity index (χ3v) is 3.97. The molecule has 0 radical (unpaired) electrons. The molecule has 1 saturated heterocycles. The Hall–Kier alpha value is -0.630. The number of aliphatic hydroxyl groups is 1. The maximum Gasteiger partial charge on any atom is 0.229 e.